The van der Waals surface area contributed by atoms with E-state index in [1.54, 1.807) is 11.7 Å². The van der Waals surface area contributed by atoms with Crippen molar-refractivity contribution in [2.75, 3.05) is 6.54 Å². The molecular formula is C15H22N4O. The molecule has 0 fully saturated rings. The highest BCUT2D eigenvalue weighted by atomic mass is 16.3. The van der Waals surface area contributed by atoms with Crippen molar-refractivity contribution in [3.8, 4) is 11.3 Å². The van der Waals surface area contributed by atoms with Gasteiger partial charge in [-0.1, -0.05) is 30.3 Å². The van der Waals surface area contributed by atoms with Crippen molar-refractivity contribution in [1.29, 1.82) is 0 Å². The van der Waals surface area contributed by atoms with Crippen LogP contribution in [0, 0.1) is 0 Å². The van der Waals surface area contributed by atoms with Gasteiger partial charge in [-0.2, -0.15) is 15.0 Å². The lowest BCUT2D eigenvalue weighted by molar-refractivity contribution is 0.191. The zero-order valence-electron chi connectivity index (χ0n) is 12.2. The van der Waals surface area contributed by atoms with E-state index in [0.717, 1.165) is 17.0 Å². The largest absolute Gasteiger partial charge is 0.392 e. The Balaban J connectivity index is 2.24. The Morgan fingerprint density at radius 1 is 1.15 bits per heavy atom. The van der Waals surface area contributed by atoms with Gasteiger partial charge in [-0.15, -0.1) is 0 Å². The first-order valence-electron chi connectivity index (χ1n) is 6.98. The standard InChI is InChI=1S/C15H22N4O/c1-11(2)19-17-14(10-16-9-12(3)20)15(18-19)13-7-5-4-6-8-13/h4-8,11-12,16,20H,9-10H2,1-3H3/t12-/m0/s1. The first-order valence-corrected chi connectivity index (χ1v) is 6.98. The van der Waals surface area contributed by atoms with Crippen molar-refractivity contribution >= 4 is 0 Å². The fourth-order valence-corrected chi connectivity index (χ4v) is 1.92. The van der Waals surface area contributed by atoms with Crippen molar-refractivity contribution in [3.63, 3.8) is 0 Å². The number of hydrogen-bond donors (Lipinski definition) is 2. The van der Waals surface area contributed by atoms with Gasteiger partial charge in [0.1, 0.15) is 11.4 Å². The molecule has 0 saturated carbocycles. The predicted octanol–water partition coefficient (Wildman–Crippen LogP) is 2.00. The number of nitrogens with zero attached hydrogens (tertiary/aromatic N) is 3. The minimum absolute atomic E-state index is 0.225. The molecule has 20 heavy (non-hydrogen) atoms. The van der Waals surface area contributed by atoms with Gasteiger partial charge in [0.05, 0.1) is 12.1 Å². The molecule has 0 bridgehead atoms. The molecule has 0 aliphatic rings. The molecule has 5 nitrogen and oxygen atoms in total. The molecule has 0 amide bonds. The summed E-state index contributed by atoms with van der Waals surface area (Å²) in [4.78, 5) is 1.74. The average Bonchev–Trinajstić information content (AvgIpc) is 2.84. The van der Waals surface area contributed by atoms with E-state index < -0.39 is 0 Å². The van der Waals surface area contributed by atoms with Crippen LogP contribution in [0.2, 0.25) is 0 Å². The molecule has 2 N–H and O–H groups in total. The Morgan fingerprint density at radius 3 is 2.45 bits per heavy atom. The smallest absolute Gasteiger partial charge is 0.117 e. The van der Waals surface area contributed by atoms with Crippen LogP contribution in [0.1, 0.15) is 32.5 Å². The van der Waals surface area contributed by atoms with Crippen LogP contribution in [0.25, 0.3) is 11.3 Å². The molecule has 1 heterocycles. The van der Waals surface area contributed by atoms with Gasteiger partial charge in [-0.3, -0.25) is 0 Å². The highest BCUT2D eigenvalue weighted by Crippen LogP contribution is 2.21. The van der Waals surface area contributed by atoms with E-state index in [-0.39, 0.29) is 12.1 Å². The number of aliphatic hydroxyl groups is 1. The third kappa shape index (κ3) is 3.65. The monoisotopic (exact) mass is 274 g/mol. The van der Waals surface area contributed by atoms with E-state index in [9.17, 15) is 5.11 Å². The van der Waals surface area contributed by atoms with Gasteiger partial charge in [0, 0.05) is 18.7 Å². The summed E-state index contributed by atoms with van der Waals surface area (Å²) in [5.41, 5.74) is 2.87. The molecule has 1 aromatic carbocycles. The fraction of sp³-hybridized carbons (Fsp3) is 0.467. The van der Waals surface area contributed by atoms with E-state index in [0.29, 0.717) is 13.1 Å². The maximum absolute atomic E-state index is 9.31. The van der Waals surface area contributed by atoms with Crippen LogP contribution in [0.3, 0.4) is 0 Å². The number of nitrogens with one attached hydrogen (secondary N) is 1. The summed E-state index contributed by atoms with van der Waals surface area (Å²) in [5.74, 6) is 0. The number of rotatable bonds is 6. The molecule has 108 valence electrons. The Bertz CT molecular complexity index is 534. The van der Waals surface area contributed by atoms with Crippen molar-refractivity contribution in [2.24, 2.45) is 0 Å². The minimum atomic E-state index is -0.365. The van der Waals surface area contributed by atoms with Crippen molar-refractivity contribution in [3.05, 3.63) is 36.0 Å². The molecule has 1 aromatic heterocycles. The molecule has 5 heteroatoms. The second kappa shape index (κ2) is 6.63. The topological polar surface area (TPSA) is 63.0 Å². The number of aliphatic hydroxyl groups excluding tert-OH is 1. The molecule has 0 aliphatic carbocycles. The normalized spacial score (nSPS) is 12.8. The van der Waals surface area contributed by atoms with Gasteiger partial charge in [0.15, 0.2) is 0 Å². The van der Waals surface area contributed by atoms with Gasteiger partial charge >= 0.3 is 0 Å². The summed E-state index contributed by atoms with van der Waals surface area (Å²) >= 11 is 0. The molecule has 0 saturated heterocycles. The van der Waals surface area contributed by atoms with E-state index in [1.807, 2.05) is 30.3 Å². The number of benzene rings is 1. The van der Waals surface area contributed by atoms with Crippen LogP contribution in [-0.2, 0) is 6.54 Å². The van der Waals surface area contributed by atoms with E-state index >= 15 is 0 Å². The van der Waals surface area contributed by atoms with Crippen molar-refractivity contribution in [1.82, 2.24) is 20.3 Å². The molecule has 1 atom stereocenters. The van der Waals surface area contributed by atoms with Crippen LogP contribution in [0.5, 0.6) is 0 Å². The second-order valence-corrected chi connectivity index (χ2v) is 5.26. The summed E-state index contributed by atoms with van der Waals surface area (Å²) in [6, 6.07) is 10.3. The third-order valence-corrected chi connectivity index (χ3v) is 2.94. The Morgan fingerprint density at radius 2 is 1.85 bits per heavy atom. The van der Waals surface area contributed by atoms with Gasteiger partial charge < -0.3 is 10.4 Å². The molecule has 0 spiro atoms. The third-order valence-electron chi connectivity index (χ3n) is 2.94. The van der Waals surface area contributed by atoms with Crippen molar-refractivity contribution < 1.29 is 5.11 Å². The summed E-state index contributed by atoms with van der Waals surface area (Å²) in [6.45, 7) is 7.02. The van der Waals surface area contributed by atoms with E-state index in [1.165, 1.54) is 0 Å². The van der Waals surface area contributed by atoms with Gasteiger partial charge in [-0.05, 0) is 20.8 Å². The maximum Gasteiger partial charge on any atom is 0.117 e. The van der Waals surface area contributed by atoms with Crippen LogP contribution >= 0.6 is 0 Å². The van der Waals surface area contributed by atoms with Gasteiger partial charge in [0.25, 0.3) is 0 Å². The number of hydrogen-bond acceptors (Lipinski definition) is 4. The van der Waals surface area contributed by atoms with Crippen LogP contribution < -0.4 is 5.32 Å². The summed E-state index contributed by atoms with van der Waals surface area (Å²) < 4.78 is 0. The zero-order valence-corrected chi connectivity index (χ0v) is 12.2. The van der Waals surface area contributed by atoms with Gasteiger partial charge in [-0.25, -0.2) is 0 Å². The molecule has 0 unspecified atom stereocenters. The zero-order chi connectivity index (χ0) is 14.5. The Labute approximate surface area is 119 Å². The van der Waals surface area contributed by atoms with Gasteiger partial charge in [0.2, 0.25) is 0 Å². The first kappa shape index (κ1) is 14.7. The molecule has 0 radical (unpaired) electrons. The molecular weight excluding hydrogens is 252 g/mol. The lowest BCUT2D eigenvalue weighted by atomic mass is 10.1. The van der Waals surface area contributed by atoms with E-state index in [2.05, 4.69) is 29.4 Å². The van der Waals surface area contributed by atoms with E-state index in [4.69, 9.17) is 0 Å². The maximum atomic E-state index is 9.31. The first-order chi connectivity index (χ1) is 9.58. The highest BCUT2D eigenvalue weighted by molar-refractivity contribution is 5.60. The Kier molecular flexibility index (Phi) is 4.87. The predicted molar refractivity (Wildman–Crippen MR) is 79.2 cm³/mol. The van der Waals surface area contributed by atoms with Crippen LogP contribution in [-0.4, -0.2) is 32.7 Å². The quantitative estimate of drug-likeness (QED) is 0.845. The molecule has 0 aliphatic heterocycles. The van der Waals surface area contributed by atoms with Crippen molar-refractivity contribution in [2.45, 2.75) is 39.5 Å². The minimum Gasteiger partial charge on any atom is -0.392 e. The van der Waals surface area contributed by atoms with Crippen LogP contribution in [0.4, 0.5) is 0 Å². The molecule has 2 rings (SSSR count). The second-order valence-electron chi connectivity index (χ2n) is 5.26. The summed E-state index contributed by atoms with van der Waals surface area (Å²) in [7, 11) is 0. The highest BCUT2D eigenvalue weighted by Gasteiger charge is 2.14. The van der Waals surface area contributed by atoms with Crippen LogP contribution in [0.15, 0.2) is 30.3 Å². The summed E-state index contributed by atoms with van der Waals surface area (Å²) in [5, 5.41) is 21.6. The fourth-order valence-electron chi connectivity index (χ4n) is 1.92. The summed E-state index contributed by atoms with van der Waals surface area (Å²) in [6.07, 6.45) is -0.365. The lowest BCUT2D eigenvalue weighted by Crippen LogP contribution is -2.24. The lowest BCUT2D eigenvalue weighted by Gasteiger charge is -2.06. The average molecular weight is 274 g/mol. The SMILES string of the molecule is CC(C)n1nc(CNC[C@H](C)O)c(-c2ccccc2)n1. The Hall–Kier alpha value is -1.72. The molecule has 2 aromatic rings. The number of aromatic nitrogens is 3.